The molecule has 2 heterocycles. The highest BCUT2D eigenvalue weighted by Gasteiger charge is 2.40. The molecule has 170 valence electrons. The van der Waals surface area contributed by atoms with Crippen LogP contribution in [0.25, 0.3) is 5.70 Å². The molecule has 2 aliphatic rings. The van der Waals surface area contributed by atoms with Crippen LogP contribution in [0.2, 0.25) is 0 Å². The molecule has 0 radical (unpaired) electrons. The van der Waals surface area contributed by atoms with E-state index in [1.54, 1.807) is 7.11 Å². The Hall–Kier alpha value is -3.24. The largest absolute Gasteiger partial charge is 0.497 e. The smallest absolute Gasteiger partial charge is 0.430 e. The topological polar surface area (TPSA) is 72.1 Å². The Kier molecular flexibility index (Phi) is 5.98. The zero-order valence-electron chi connectivity index (χ0n) is 17.2. The third-order valence-electron chi connectivity index (χ3n) is 5.40. The molecule has 1 spiro atoms. The molecule has 0 unspecified atom stereocenters. The van der Waals surface area contributed by atoms with Gasteiger partial charge in [0.2, 0.25) is 0 Å². The highest BCUT2D eigenvalue weighted by atomic mass is 19.4. The second-order valence-corrected chi connectivity index (χ2v) is 7.53. The molecule has 2 aromatic rings. The number of anilines is 1. The molecule has 1 fully saturated rings. The number of methoxy groups -OCH3 is 1. The molecule has 0 atom stereocenters. The van der Waals surface area contributed by atoms with E-state index >= 15 is 0 Å². The maximum absolute atomic E-state index is 13.1. The lowest BCUT2D eigenvalue weighted by atomic mass is 9.91. The van der Waals surface area contributed by atoms with Gasteiger partial charge in [-0.05, 0) is 43.2 Å². The third kappa shape index (κ3) is 4.81. The molecule has 0 bridgehead atoms. The van der Waals surface area contributed by atoms with E-state index in [1.807, 2.05) is 30.3 Å². The van der Waals surface area contributed by atoms with Gasteiger partial charge in [-0.25, -0.2) is 4.79 Å². The van der Waals surface area contributed by atoms with E-state index in [-0.39, 0.29) is 5.69 Å². The molecule has 0 aliphatic carbocycles. The third-order valence-corrected chi connectivity index (χ3v) is 5.40. The van der Waals surface area contributed by atoms with Gasteiger partial charge >= 0.3 is 12.3 Å². The average Bonchev–Trinajstić information content (AvgIpc) is 3.19. The Bertz CT molecular complexity index is 1020. The minimum Gasteiger partial charge on any atom is -0.497 e. The predicted octanol–water partition coefficient (Wildman–Crippen LogP) is 4.59. The monoisotopic (exact) mass is 449 g/mol. The van der Waals surface area contributed by atoms with Crippen LogP contribution in [0.5, 0.6) is 5.75 Å². The summed E-state index contributed by atoms with van der Waals surface area (Å²) in [7, 11) is 1.60. The second kappa shape index (κ2) is 8.71. The summed E-state index contributed by atoms with van der Waals surface area (Å²) in [6.45, 7) is 0.718. The number of rotatable bonds is 4. The molecular weight excluding hydrogens is 427 g/mol. The number of halogens is 3. The molecule has 1 saturated heterocycles. The number of hydroxylamine groups is 3. The number of ether oxygens (including phenoxy) is 1. The molecule has 7 nitrogen and oxygen atoms in total. The predicted molar refractivity (Wildman–Crippen MR) is 110 cm³/mol. The number of piperidine rings is 1. The van der Waals surface area contributed by atoms with Crippen molar-refractivity contribution >= 4 is 17.5 Å². The summed E-state index contributed by atoms with van der Waals surface area (Å²) >= 11 is 0. The van der Waals surface area contributed by atoms with Crippen LogP contribution in [-0.4, -0.2) is 37.0 Å². The van der Waals surface area contributed by atoms with Crippen molar-refractivity contribution in [2.45, 2.75) is 24.6 Å². The van der Waals surface area contributed by atoms with Gasteiger partial charge in [0, 0.05) is 18.7 Å². The van der Waals surface area contributed by atoms with Gasteiger partial charge in [-0.2, -0.15) is 13.2 Å². The van der Waals surface area contributed by atoms with Gasteiger partial charge in [0.05, 0.1) is 24.1 Å². The van der Waals surface area contributed by atoms with E-state index in [2.05, 4.69) is 10.8 Å². The summed E-state index contributed by atoms with van der Waals surface area (Å²) < 4.78 is 44.5. The van der Waals surface area contributed by atoms with Crippen LogP contribution in [-0.2, 0) is 15.9 Å². The van der Waals surface area contributed by atoms with Crippen molar-refractivity contribution in [1.29, 1.82) is 0 Å². The van der Waals surface area contributed by atoms with Crippen LogP contribution >= 0.6 is 0 Å². The second-order valence-electron chi connectivity index (χ2n) is 7.53. The molecule has 2 N–H and O–H groups in total. The van der Waals surface area contributed by atoms with E-state index in [1.165, 1.54) is 23.3 Å². The van der Waals surface area contributed by atoms with Crippen LogP contribution in [0, 0.1) is 0 Å². The maximum Gasteiger partial charge on any atom is 0.430 e. The fourth-order valence-electron chi connectivity index (χ4n) is 3.70. The zero-order chi connectivity index (χ0) is 22.8. The first kappa shape index (κ1) is 22.0. The standard InChI is InChI=1S/C22H22F3N3O4/c1-30-16-6-4-5-15(13-16)19-14-21(32-27-19)9-11-28(12-10-21)31-20(29)26-18-8-3-2-7-17(18)22(23,24)25/h2-8,13-14,27H,9-12H2,1H3,(H,26,29). The van der Waals surface area contributed by atoms with E-state index < -0.39 is 23.4 Å². The molecule has 2 aromatic carbocycles. The lowest BCUT2D eigenvalue weighted by Gasteiger charge is -2.35. The van der Waals surface area contributed by atoms with E-state index in [4.69, 9.17) is 14.4 Å². The first-order valence-electron chi connectivity index (χ1n) is 9.99. The van der Waals surface area contributed by atoms with Gasteiger partial charge in [-0.15, -0.1) is 5.06 Å². The molecule has 0 saturated carbocycles. The molecule has 1 amide bonds. The van der Waals surface area contributed by atoms with Gasteiger partial charge in [-0.1, -0.05) is 24.3 Å². The van der Waals surface area contributed by atoms with Gasteiger partial charge in [0.15, 0.2) is 0 Å². The zero-order valence-corrected chi connectivity index (χ0v) is 17.2. The van der Waals surface area contributed by atoms with E-state index in [9.17, 15) is 18.0 Å². The summed E-state index contributed by atoms with van der Waals surface area (Å²) in [5.41, 5.74) is 2.85. The van der Waals surface area contributed by atoms with Crippen molar-refractivity contribution in [1.82, 2.24) is 10.5 Å². The van der Waals surface area contributed by atoms with Crippen molar-refractivity contribution in [2.24, 2.45) is 0 Å². The van der Waals surface area contributed by atoms with Gasteiger partial charge in [0.1, 0.15) is 11.4 Å². The number of benzene rings is 2. The van der Waals surface area contributed by atoms with Gasteiger partial charge in [-0.3, -0.25) is 15.6 Å². The average molecular weight is 449 g/mol. The highest BCUT2D eigenvalue weighted by Crippen LogP contribution is 2.36. The van der Waals surface area contributed by atoms with Crippen molar-refractivity contribution in [2.75, 3.05) is 25.5 Å². The molecular formula is C22H22F3N3O4. The Morgan fingerprint density at radius 3 is 2.62 bits per heavy atom. The fraction of sp³-hybridized carbons (Fsp3) is 0.318. The van der Waals surface area contributed by atoms with Gasteiger partial charge < -0.3 is 9.57 Å². The number of nitrogens with one attached hydrogen (secondary N) is 2. The van der Waals surface area contributed by atoms with E-state index in [0.717, 1.165) is 23.1 Å². The van der Waals surface area contributed by atoms with E-state index in [0.29, 0.717) is 25.9 Å². The van der Waals surface area contributed by atoms with Crippen LogP contribution in [0.15, 0.2) is 54.6 Å². The lowest BCUT2D eigenvalue weighted by molar-refractivity contribution is -0.153. The van der Waals surface area contributed by atoms with Crippen molar-refractivity contribution < 1.29 is 32.4 Å². The molecule has 4 rings (SSSR count). The lowest BCUT2D eigenvalue weighted by Crippen LogP contribution is -2.45. The highest BCUT2D eigenvalue weighted by molar-refractivity contribution is 5.85. The summed E-state index contributed by atoms with van der Waals surface area (Å²) in [6, 6.07) is 12.3. The Morgan fingerprint density at radius 1 is 1.16 bits per heavy atom. The maximum atomic E-state index is 13.1. The number of hydrogen-bond acceptors (Lipinski definition) is 6. The number of carbonyl (C=O) groups is 1. The summed E-state index contributed by atoms with van der Waals surface area (Å²) in [5, 5.41) is 3.59. The van der Waals surface area contributed by atoms with Crippen molar-refractivity contribution in [3.63, 3.8) is 0 Å². The summed E-state index contributed by atoms with van der Waals surface area (Å²) in [5.74, 6) is 0.729. The normalized spacial score (nSPS) is 18.1. The number of hydrogen-bond donors (Lipinski definition) is 2. The number of carbonyl (C=O) groups excluding carboxylic acids is 1. The van der Waals surface area contributed by atoms with Crippen LogP contribution in [0.4, 0.5) is 23.7 Å². The summed E-state index contributed by atoms with van der Waals surface area (Å²) in [6.07, 6.45) is -2.50. The molecule has 2 aliphatic heterocycles. The van der Waals surface area contributed by atoms with Crippen molar-refractivity contribution in [3.8, 4) is 5.75 Å². The Balaban J connectivity index is 1.35. The number of alkyl halides is 3. The SMILES string of the molecule is COc1cccc(C2=CC3(CCN(OC(=O)Nc4ccccc4C(F)(F)F)CC3)ON2)c1. The first-order valence-corrected chi connectivity index (χ1v) is 9.99. The quantitative estimate of drug-likeness (QED) is 0.712. The van der Waals surface area contributed by atoms with Crippen LogP contribution in [0.3, 0.4) is 0 Å². The van der Waals surface area contributed by atoms with Crippen molar-refractivity contribution in [3.05, 3.63) is 65.7 Å². The first-order chi connectivity index (χ1) is 15.3. The molecule has 32 heavy (non-hydrogen) atoms. The van der Waals surface area contributed by atoms with Gasteiger partial charge in [0.25, 0.3) is 0 Å². The van der Waals surface area contributed by atoms with Crippen LogP contribution in [0.1, 0.15) is 24.0 Å². The number of amides is 1. The minimum atomic E-state index is -4.58. The minimum absolute atomic E-state index is 0.354. The molecule has 0 aromatic heterocycles. The number of para-hydroxylation sites is 1. The fourth-order valence-corrected chi connectivity index (χ4v) is 3.70. The Morgan fingerprint density at radius 2 is 1.91 bits per heavy atom. The Labute approximate surface area is 182 Å². The molecule has 10 heteroatoms. The summed E-state index contributed by atoms with van der Waals surface area (Å²) in [4.78, 5) is 23.2. The number of nitrogens with zero attached hydrogens (tertiary/aromatic N) is 1. The van der Waals surface area contributed by atoms with Crippen LogP contribution < -0.4 is 15.5 Å².